The number of ketones is 1. The molecule has 0 saturated heterocycles. The van der Waals surface area contributed by atoms with E-state index in [2.05, 4.69) is 0 Å². The molecule has 0 fully saturated rings. The lowest BCUT2D eigenvalue weighted by molar-refractivity contribution is -0.147. The van der Waals surface area contributed by atoms with Crippen LogP contribution in [0.25, 0.3) is 0 Å². The largest absolute Gasteiger partial charge is 0.508 e. The van der Waals surface area contributed by atoms with E-state index in [1.807, 2.05) is 30.3 Å². The Morgan fingerprint density at radius 3 is 2.24 bits per heavy atom. The van der Waals surface area contributed by atoms with Crippen molar-refractivity contribution in [1.82, 2.24) is 0 Å². The molecule has 0 amide bonds. The average Bonchev–Trinajstić information content (AvgIpc) is 2.79. The second kappa shape index (κ2) is 12.5. The number of carbonyl (C=O) groups is 3. The molecular weight excluding hydrogens is 428 g/mol. The summed E-state index contributed by atoms with van der Waals surface area (Å²) in [5, 5.41) is 27.6. The van der Waals surface area contributed by atoms with Crippen molar-refractivity contribution in [1.29, 1.82) is 0 Å². The van der Waals surface area contributed by atoms with E-state index in [0.717, 1.165) is 5.56 Å². The van der Waals surface area contributed by atoms with Crippen LogP contribution in [-0.2, 0) is 27.4 Å². The maximum atomic E-state index is 11.6. The van der Waals surface area contributed by atoms with E-state index in [-0.39, 0.29) is 48.2 Å². The molecule has 0 aliphatic heterocycles. The van der Waals surface area contributed by atoms with E-state index in [1.54, 1.807) is 0 Å². The van der Waals surface area contributed by atoms with E-state index in [9.17, 15) is 19.5 Å². The van der Waals surface area contributed by atoms with Gasteiger partial charge in [0.2, 0.25) is 0 Å². The van der Waals surface area contributed by atoms with Gasteiger partial charge in [0.15, 0.2) is 12.4 Å². The average molecular weight is 452 g/mol. The zero-order chi connectivity index (χ0) is 24.2. The molecule has 0 aliphatic rings. The first-order chi connectivity index (χ1) is 15.8. The number of Topliss-reactive ketones (excluding diaryl/α,β-unsaturated/α-hetero) is 1. The number of hydrogen-bond acceptors (Lipinski definition) is 8. The van der Waals surface area contributed by atoms with E-state index >= 15 is 0 Å². The molecule has 0 aromatic heterocycles. The molecule has 3 rings (SSSR count). The topological polar surface area (TPSA) is 130 Å². The van der Waals surface area contributed by atoms with Gasteiger partial charge in [-0.05, 0) is 30.7 Å². The second-order valence-electron chi connectivity index (χ2n) is 6.85. The fraction of sp³-hybridized carbons (Fsp3) is 0.160. The molecule has 0 atom stereocenters. The smallest absolute Gasteiger partial charge is 0.344 e. The van der Waals surface area contributed by atoms with E-state index in [1.165, 1.54) is 43.3 Å². The highest BCUT2D eigenvalue weighted by Gasteiger charge is 2.09. The Labute approximate surface area is 190 Å². The van der Waals surface area contributed by atoms with Gasteiger partial charge in [-0.1, -0.05) is 36.4 Å². The number of aromatic hydroxyl groups is 3. The molecule has 8 nitrogen and oxygen atoms in total. The first kappa shape index (κ1) is 24.9. The Kier molecular flexibility index (Phi) is 9.45. The molecule has 0 saturated carbocycles. The van der Waals surface area contributed by atoms with Gasteiger partial charge in [-0.25, -0.2) is 4.79 Å². The van der Waals surface area contributed by atoms with Gasteiger partial charge < -0.3 is 29.6 Å². The van der Waals surface area contributed by atoms with Gasteiger partial charge in [0.1, 0.15) is 35.9 Å². The number of phenolic OH excluding ortho intramolecular Hbond substituents is 3. The SMILES string of the molecule is CC(=O)c1ccc(OCC(=O)OCc2ccccc2)cc1O.O=CCc1ccc(O)cc1O. The number of carbonyl (C=O) groups excluding carboxylic acids is 3. The summed E-state index contributed by atoms with van der Waals surface area (Å²) in [7, 11) is 0. The van der Waals surface area contributed by atoms with Crippen molar-refractivity contribution in [3.63, 3.8) is 0 Å². The predicted molar refractivity (Wildman–Crippen MR) is 119 cm³/mol. The number of phenols is 3. The first-order valence-corrected chi connectivity index (χ1v) is 9.91. The minimum Gasteiger partial charge on any atom is -0.508 e. The summed E-state index contributed by atoms with van der Waals surface area (Å²) in [6.45, 7) is 1.26. The highest BCUT2D eigenvalue weighted by atomic mass is 16.6. The molecular formula is C25H24O8. The van der Waals surface area contributed by atoms with Gasteiger partial charge >= 0.3 is 5.97 Å². The van der Waals surface area contributed by atoms with Gasteiger partial charge in [0, 0.05) is 24.1 Å². The minimum atomic E-state index is -0.515. The number of benzene rings is 3. The highest BCUT2D eigenvalue weighted by Crippen LogP contribution is 2.24. The summed E-state index contributed by atoms with van der Waals surface area (Å²) < 4.78 is 10.3. The van der Waals surface area contributed by atoms with Crippen molar-refractivity contribution in [2.24, 2.45) is 0 Å². The van der Waals surface area contributed by atoms with Crippen molar-refractivity contribution in [2.75, 3.05) is 6.61 Å². The number of aldehydes is 1. The van der Waals surface area contributed by atoms with Crippen LogP contribution in [-0.4, -0.2) is 40.0 Å². The van der Waals surface area contributed by atoms with Gasteiger partial charge in [0.05, 0.1) is 5.56 Å². The summed E-state index contributed by atoms with van der Waals surface area (Å²) >= 11 is 0. The summed E-state index contributed by atoms with van der Waals surface area (Å²) in [4.78, 5) is 32.8. The number of hydrogen-bond donors (Lipinski definition) is 3. The van der Waals surface area contributed by atoms with Crippen molar-refractivity contribution in [3.8, 4) is 23.0 Å². The van der Waals surface area contributed by atoms with Crippen LogP contribution in [0.1, 0.15) is 28.4 Å². The third-order valence-corrected chi connectivity index (χ3v) is 4.32. The Bertz CT molecular complexity index is 1090. The van der Waals surface area contributed by atoms with Crippen LogP contribution in [0.15, 0.2) is 66.7 Å². The van der Waals surface area contributed by atoms with Crippen LogP contribution in [0.2, 0.25) is 0 Å². The lowest BCUT2D eigenvalue weighted by atomic mass is 10.1. The molecule has 0 heterocycles. The third kappa shape index (κ3) is 8.37. The van der Waals surface area contributed by atoms with Crippen LogP contribution in [0.5, 0.6) is 23.0 Å². The van der Waals surface area contributed by atoms with E-state index < -0.39 is 5.97 Å². The summed E-state index contributed by atoms with van der Waals surface area (Å²) in [5.74, 6) is -0.693. The lowest BCUT2D eigenvalue weighted by Gasteiger charge is -2.08. The highest BCUT2D eigenvalue weighted by molar-refractivity contribution is 5.96. The molecule has 3 aromatic carbocycles. The van der Waals surface area contributed by atoms with Gasteiger partial charge in [-0.15, -0.1) is 0 Å². The third-order valence-electron chi connectivity index (χ3n) is 4.32. The van der Waals surface area contributed by atoms with Crippen molar-refractivity contribution in [3.05, 3.63) is 83.4 Å². The fourth-order valence-electron chi connectivity index (χ4n) is 2.64. The van der Waals surface area contributed by atoms with Crippen LogP contribution in [0.4, 0.5) is 0 Å². The van der Waals surface area contributed by atoms with Crippen molar-refractivity contribution >= 4 is 18.0 Å². The van der Waals surface area contributed by atoms with Crippen LogP contribution >= 0.6 is 0 Å². The molecule has 0 aliphatic carbocycles. The summed E-state index contributed by atoms with van der Waals surface area (Å²) in [6, 6.07) is 17.7. The molecule has 0 spiro atoms. The van der Waals surface area contributed by atoms with Crippen molar-refractivity contribution < 1.29 is 39.2 Å². The number of ether oxygens (including phenoxy) is 2. The first-order valence-electron chi connectivity index (χ1n) is 9.91. The van der Waals surface area contributed by atoms with Gasteiger partial charge in [-0.2, -0.15) is 0 Å². The standard InChI is InChI=1S/C17H16O5.C8H8O3/c1-12(18)15-8-7-14(9-16(15)19)21-11-17(20)22-10-13-5-3-2-4-6-13;9-4-3-6-1-2-7(10)5-8(6)11/h2-9,19H,10-11H2,1H3;1-2,4-5,10-11H,3H2. The molecule has 0 bridgehead atoms. The normalized spacial score (nSPS) is 9.85. The number of esters is 1. The van der Waals surface area contributed by atoms with Crippen molar-refractivity contribution in [2.45, 2.75) is 20.0 Å². The Hall–Kier alpha value is -4.33. The quantitative estimate of drug-likeness (QED) is 0.269. The van der Waals surface area contributed by atoms with Crippen LogP contribution in [0, 0.1) is 0 Å². The molecule has 33 heavy (non-hydrogen) atoms. The monoisotopic (exact) mass is 452 g/mol. The molecule has 0 unspecified atom stereocenters. The molecule has 8 heteroatoms. The summed E-state index contributed by atoms with van der Waals surface area (Å²) in [6.07, 6.45) is 0.873. The van der Waals surface area contributed by atoms with Crippen LogP contribution in [0.3, 0.4) is 0 Å². The van der Waals surface area contributed by atoms with E-state index in [0.29, 0.717) is 17.6 Å². The Balaban J connectivity index is 0.000000294. The number of rotatable bonds is 8. The maximum Gasteiger partial charge on any atom is 0.344 e. The predicted octanol–water partition coefficient (Wildman–Crippen LogP) is 3.56. The second-order valence-corrected chi connectivity index (χ2v) is 6.85. The maximum absolute atomic E-state index is 11.6. The molecule has 172 valence electrons. The molecule has 3 aromatic rings. The lowest BCUT2D eigenvalue weighted by Crippen LogP contribution is -2.14. The minimum absolute atomic E-state index is 0.00264. The summed E-state index contributed by atoms with van der Waals surface area (Å²) in [5.41, 5.74) is 1.62. The fourth-order valence-corrected chi connectivity index (χ4v) is 2.64. The zero-order valence-corrected chi connectivity index (χ0v) is 17.9. The Morgan fingerprint density at radius 1 is 0.909 bits per heavy atom. The van der Waals surface area contributed by atoms with Crippen LogP contribution < -0.4 is 4.74 Å². The van der Waals surface area contributed by atoms with Gasteiger partial charge in [0.25, 0.3) is 0 Å². The Morgan fingerprint density at radius 2 is 1.64 bits per heavy atom. The van der Waals surface area contributed by atoms with E-state index in [4.69, 9.17) is 19.7 Å². The molecule has 3 N–H and O–H groups in total. The molecule has 0 radical (unpaired) electrons. The zero-order valence-electron chi connectivity index (χ0n) is 17.9. The van der Waals surface area contributed by atoms with Gasteiger partial charge in [-0.3, -0.25) is 4.79 Å².